The minimum atomic E-state index is -0.485. The van der Waals surface area contributed by atoms with Crippen LogP contribution in [-0.4, -0.2) is 24.3 Å². The highest BCUT2D eigenvalue weighted by Gasteiger charge is 2.47. The standard InChI is InChI=1S/C9H14O3/c1-4-6-5-7-8(10-6)12-9(2,3)11-7/h4,6-8H,1,5H2,2-3H3/t6?,7-,8-/m1/s1. The van der Waals surface area contributed by atoms with Crippen molar-refractivity contribution in [2.75, 3.05) is 0 Å². The lowest BCUT2D eigenvalue weighted by molar-refractivity contribution is -0.199. The Balaban J connectivity index is 2.02. The van der Waals surface area contributed by atoms with Gasteiger partial charge in [0.2, 0.25) is 0 Å². The van der Waals surface area contributed by atoms with E-state index in [1.165, 1.54) is 0 Å². The van der Waals surface area contributed by atoms with E-state index in [9.17, 15) is 0 Å². The summed E-state index contributed by atoms with van der Waals surface area (Å²) in [6.07, 6.45) is 2.64. The molecule has 68 valence electrons. The summed E-state index contributed by atoms with van der Waals surface area (Å²) in [7, 11) is 0. The van der Waals surface area contributed by atoms with Gasteiger partial charge in [0, 0.05) is 6.42 Å². The van der Waals surface area contributed by atoms with Crippen LogP contribution in [0.25, 0.3) is 0 Å². The van der Waals surface area contributed by atoms with E-state index in [1.54, 1.807) is 6.08 Å². The van der Waals surface area contributed by atoms with Gasteiger partial charge in [-0.3, -0.25) is 0 Å². The van der Waals surface area contributed by atoms with Gasteiger partial charge in [-0.15, -0.1) is 6.58 Å². The normalized spacial score (nSPS) is 44.3. The molecule has 2 rings (SSSR count). The van der Waals surface area contributed by atoms with Gasteiger partial charge in [0.25, 0.3) is 0 Å². The van der Waals surface area contributed by atoms with E-state index in [-0.39, 0.29) is 18.5 Å². The van der Waals surface area contributed by atoms with Gasteiger partial charge in [-0.05, 0) is 13.8 Å². The van der Waals surface area contributed by atoms with Crippen LogP contribution in [0.2, 0.25) is 0 Å². The van der Waals surface area contributed by atoms with E-state index < -0.39 is 5.79 Å². The van der Waals surface area contributed by atoms with Gasteiger partial charge in [-0.25, -0.2) is 0 Å². The van der Waals surface area contributed by atoms with Crippen molar-refractivity contribution >= 4 is 0 Å². The first-order valence-electron chi connectivity index (χ1n) is 4.24. The van der Waals surface area contributed by atoms with Crippen LogP contribution in [0.1, 0.15) is 20.3 Å². The average molecular weight is 170 g/mol. The van der Waals surface area contributed by atoms with Crippen molar-refractivity contribution in [3.8, 4) is 0 Å². The van der Waals surface area contributed by atoms with Crippen LogP contribution in [0, 0.1) is 0 Å². The molecule has 0 amide bonds. The number of fused-ring (bicyclic) bond motifs is 1. The molecule has 2 aliphatic rings. The molecule has 3 heteroatoms. The highest BCUT2D eigenvalue weighted by molar-refractivity contribution is 4.92. The zero-order valence-corrected chi connectivity index (χ0v) is 7.45. The molecule has 2 fully saturated rings. The topological polar surface area (TPSA) is 27.7 Å². The molecule has 0 N–H and O–H groups in total. The molecule has 0 aromatic carbocycles. The van der Waals surface area contributed by atoms with Crippen LogP contribution in [0.4, 0.5) is 0 Å². The maximum atomic E-state index is 5.61. The molecule has 0 radical (unpaired) electrons. The van der Waals surface area contributed by atoms with Crippen LogP contribution >= 0.6 is 0 Å². The third kappa shape index (κ3) is 1.28. The Morgan fingerprint density at radius 1 is 1.42 bits per heavy atom. The van der Waals surface area contributed by atoms with E-state index in [2.05, 4.69) is 6.58 Å². The summed E-state index contributed by atoms with van der Waals surface area (Å²) in [4.78, 5) is 0. The van der Waals surface area contributed by atoms with E-state index in [1.807, 2.05) is 13.8 Å². The van der Waals surface area contributed by atoms with Crippen molar-refractivity contribution < 1.29 is 14.2 Å². The third-order valence-electron chi connectivity index (χ3n) is 2.18. The molecule has 12 heavy (non-hydrogen) atoms. The van der Waals surface area contributed by atoms with Crippen molar-refractivity contribution in [1.82, 2.24) is 0 Å². The average Bonchev–Trinajstić information content (AvgIpc) is 2.40. The minimum absolute atomic E-state index is 0.0861. The summed E-state index contributed by atoms with van der Waals surface area (Å²) in [6.45, 7) is 7.47. The van der Waals surface area contributed by atoms with E-state index in [4.69, 9.17) is 14.2 Å². The second-order valence-corrected chi connectivity index (χ2v) is 3.69. The van der Waals surface area contributed by atoms with Crippen molar-refractivity contribution in [1.29, 1.82) is 0 Å². The lowest BCUT2D eigenvalue weighted by atomic mass is 10.2. The Morgan fingerprint density at radius 2 is 2.17 bits per heavy atom. The maximum Gasteiger partial charge on any atom is 0.187 e. The zero-order valence-electron chi connectivity index (χ0n) is 7.45. The molecule has 0 saturated carbocycles. The second kappa shape index (κ2) is 2.55. The van der Waals surface area contributed by atoms with Crippen molar-refractivity contribution in [3.63, 3.8) is 0 Å². The van der Waals surface area contributed by atoms with Crippen LogP contribution in [0.5, 0.6) is 0 Å². The molecule has 0 spiro atoms. The molecular formula is C9H14O3. The molecule has 0 bridgehead atoms. The molecule has 0 aromatic heterocycles. The van der Waals surface area contributed by atoms with Crippen LogP contribution in [0.15, 0.2) is 12.7 Å². The highest BCUT2D eigenvalue weighted by atomic mass is 16.8. The Morgan fingerprint density at radius 3 is 2.75 bits per heavy atom. The van der Waals surface area contributed by atoms with Gasteiger partial charge in [-0.2, -0.15) is 0 Å². The van der Waals surface area contributed by atoms with Crippen LogP contribution in [-0.2, 0) is 14.2 Å². The Hall–Kier alpha value is -0.380. The fourth-order valence-electron chi connectivity index (χ4n) is 1.69. The van der Waals surface area contributed by atoms with Crippen molar-refractivity contribution in [3.05, 3.63) is 12.7 Å². The number of hydrogen-bond donors (Lipinski definition) is 0. The Kier molecular flexibility index (Phi) is 1.75. The molecule has 0 aliphatic carbocycles. The first-order chi connectivity index (χ1) is 5.61. The summed E-state index contributed by atoms with van der Waals surface area (Å²) in [5.41, 5.74) is 0. The molecule has 2 aliphatic heterocycles. The Bertz CT molecular complexity index is 184. The monoisotopic (exact) mass is 170 g/mol. The van der Waals surface area contributed by atoms with Gasteiger partial charge in [0.05, 0.1) is 6.10 Å². The summed E-state index contributed by atoms with van der Waals surface area (Å²) >= 11 is 0. The summed E-state index contributed by atoms with van der Waals surface area (Å²) in [5.74, 6) is -0.485. The van der Waals surface area contributed by atoms with Crippen LogP contribution in [0.3, 0.4) is 0 Å². The van der Waals surface area contributed by atoms with Gasteiger partial charge in [-0.1, -0.05) is 6.08 Å². The molecule has 3 nitrogen and oxygen atoms in total. The van der Waals surface area contributed by atoms with Gasteiger partial charge in [0.1, 0.15) is 6.10 Å². The van der Waals surface area contributed by atoms with Gasteiger partial charge >= 0.3 is 0 Å². The summed E-state index contributed by atoms with van der Waals surface area (Å²) in [5, 5.41) is 0. The zero-order chi connectivity index (χ0) is 8.77. The number of hydrogen-bond acceptors (Lipinski definition) is 3. The molecule has 0 aromatic rings. The van der Waals surface area contributed by atoms with E-state index >= 15 is 0 Å². The predicted octanol–water partition coefficient (Wildman–Crippen LogP) is 1.44. The first-order valence-corrected chi connectivity index (χ1v) is 4.24. The van der Waals surface area contributed by atoms with E-state index in [0.717, 1.165) is 6.42 Å². The maximum absolute atomic E-state index is 5.61. The fourth-order valence-corrected chi connectivity index (χ4v) is 1.69. The predicted molar refractivity (Wildman–Crippen MR) is 43.5 cm³/mol. The quantitative estimate of drug-likeness (QED) is 0.557. The fraction of sp³-hybridized carbons (Fsp3) is 0.778. The van der Waals surface area contributed by atoms with Crippen LogP contribution < -0.4 is 0 Å². The van der Waals surface area contributed by atoms with Gasteiger partial charge in [0.15, 0.2) is 12.1 Å². The van der Waals surface area contributed by atoms with E-state index in [0.29, 0.717) is 0 Å². The van der Waals surface area contributed by atoms with Crippen molar-refractivity contribution in [2.24, 2.45) is 0 Å². The third-order valence-corrected chi connectivity index (χ3v) is 2.18. The highest BCUT2D eigenvalue weighted by Crippen LogP contribution is 2.37. The molecular weight excluding hydrogens is 156 g/mol. The molecule has 2 heterocycles. The minimum Gasteiger partial charge on any atom is -0.342 e. The summed E-state index contributed by atoms with van der Waals surface area (Å²) in [6, 6.07) is 0. The lowest BCUT2D eigenvalue weighted by Crippen LogP contribution is -2.24. The second-order valence-electron chi connectivity index (χ2n) is 3.69. The summed E-state index contributed by atoms with van der Waals surface area (Å²) < 4.78 is 16.6. The number of rotatable bonds is 1. The first kappa shape index (κ1) is 8.23. The largest absolute Gasteiger partial charge is 0.342 e. The molecule has 2 saturated heterocycles. The molecule has 1 unspecified atom stereocenters. The smallest absolute Gasteiger partial charge is 0.187 e. The lowest BCUT2D eigenvalue weighted by Gasteiger charge is -2.19. The molecule has 3 atom stereocenters. The number of ether oxygens (including phenoxy) is 3. The van der Waals surface area contributed by atoms with Crippen molar-refractivity contribution in [2.45, 2.75) is 44.6 Å². The Labute approximate surface area is 72.3 Å². The SMILES string of the molecule is C=CC1C[C@H]2OC(C)(C)O[C@H]2O1. The van der Waals surface area contributed by atoms with Gasteiger partial charge < -0.3 is 14.2 Å².